The van der Waals surface area contributed by atoms with Gasteiger partial charge in [-0.25, -0.2) is 4.79 Å². The molecule has 1 atom stereocenters. The maximum atomic E-state index is 11.8. The van der Waals surface area contributed by atoms with Gasteiger partial charge < -0.3 is 26.3 Å². The molecule has 2 amide bonds. The van der Waals surface area contributed by atoms with Crippen LogP contribution in [0, 0.1) is 0 Å². The molecule has 1 aliphatic rings. The Morgan fingerprint density at radius 1 is 1.47 bits per heavy atom. The lowest BCUT2D eigenvalue weighted by molar-refractivity contribution is 0.189. The Bertz CT molecular complexity index is 484. The number of carbonyl (C=O) groups is 1. The summed E-state index contributed by atoms with van der Waals surface area (Å²) in [6.45, 7) is 1.18. The van der Waals surface area contributed by atoms with Gasteiger partial charge in [0.05, 0.1) is 18.3 Å². The lowest BCUT2D eigenvalue weighted by Gasteiger charge is -2.13. The van der Waals surface area contributed by atoms with Crippen molar-refractivity contribution in [3.8, 4) is 0 Å². The number of benzene rings is 1. The van der Waals surface area contributed by atoms with Crippen LogP contribution in [0.1, 0.15) is 12.0 Å². The van der Waals surface area contributed by atoms with Crippen molar-refractivity contribution in [1.29, 1.82) is 0 Å². The molecule has 2 rings (SSSR count). The number of nitrogens with one attached hydrogen (secondary N) is 2. The number of ether oxygens (including phenoxy) is 1. The van der Waals surface area contributed by atoms with E-state index in [0.717, 1.165) is 6.42 Å². The van der Waals surface area contributed by atoms with E-state index in [1.165, 1.54) is 0 Å². The van der Waals surface area contributed by atoms with E-state index in [0.29, 0.717) is 24.5 Å². The molecule has 1 unspecified atom stereocenters. The Labute approximate surface area is 110 Å². The van der Waals surface area contributed by atoms with Crippen LogP contribution in [0.5, 0.6) is 0 Å². The maximum Gasteiger partial charge on any atom is 0.319 e. The van der Waals surface area contributed by atoms with Crippen LogP contribution in [0.2, 0.25) is 0 Å². The minimum atomic E-state index is -0.339. The van der Waals surface area contributed by atoms with E-state index in [9.17, 15) is 4.79 Å². The number of nitrogens with two attached hydrogens (primary N) is 1. The van der Waals surface area contributed by atoms with Gasteiger partial charge in [-0.3, -0.25) is 0 Å². The highest BCUT2D eigenvalue weighted by molar-refractivity contribution is 6.05. The zero-order valence-corrected chi connectivity index (χ0v) is 10.3. The average Bonchev–Trinajstić information content (AvgIpc) is 2.91. The van der Waals surface area contributed by atoms with Crippen molar-refractivity contribution in [3.05, 3.63) is 29.8 Å². The number of nitrogens with zero attached hydrogens (tertiary/aromatic N) is 1. The fourth-order valence-corrected chi connectivity index (χ4v) is 1.86. The second kappa shape index (κ2) is 6.05. The molecule has 0 aliphatic carbocycles. The van der Waals surface area contributed by atoms with Crippen LogP contribution in [0.3, 0.4) is 0 Å². The first-order valence-corrected chi connectivity index (χ1v) is 5.93. The monoisotopic (exact) mass is 264 g/mol. The second-order valence-corrected chi connectivity index (χ2v) is 4.19. The molecule has 7 heteroatoms. The summed E-state index contributed by atoms with van der Waals surface area (Å²) < 4.78 is 5.17. The van der Waals surface area contributed by atoms with Crippen molar-refractivity contribution in [1.82, 2.24) is 5.32 Å². The number of rotatable bonds is 3. The van der Waals surface area contributed by atoms with E-state index in [-0.39, 0.29) is 17.9 Å². The molecule has 0 aromatic heterocycles. The molecule has 0 saturated carbocycles. The number of amides is 2. The van der Waals surface area contributed by atoms with Gasteiger partial charge in [-0.15, -0.1) is 0 Å². The first-order valence-electron chi connectivity index (χ1n) is 5.93. The molecule has 102 valence electrons. The van der Waals surface area contributed by atoms with Crippen molar-refractivity contribution in [2.24, 2.45) is 10.9 Å². The summed E-state index contributed by atoms with van der Waals surface area (Å²) in [5.41, 5.74) is 6.48. The molecule has 1 fully saturated rings. The Kier molecular flexibility index (Phi) is 4.19. The number of hydrogen-bond donors (Lipinski definition) is 4. The van der Waals surface area contributed by atoms with Crippen molar-refractivity contribution in [2.75, 3.05) is 18.5 Å². The highest BCUT2D eigenvalue weighted by Gasteiger charge is 2.18. The minimum Gasteiger partial charge on any atom is -0.409 e. The van der Waals surface area contributed by atoms with Gasteiger partial charge in [0.2, 0.25) is 0 Å². The van der Waals surface area contributed by atoms with Crippen LogP contribution < -0.4 is 16.4 Å². The third kappa shape index (κ3) is 3.35. The van der Waals surface area contributed by atoms with Gasteiger partial charge in [-0.05, 0) is 18.6 Å². The molecule has 19 heavy (non-hydrogen) atoms. The molecule has 1 aromatic rings. The third-order valence-electron chi connectivity index (χ3n) is 2.82. The van der Waals surface area contributed by atoms with Gasteiger partial charge in [0.15, 0.2) is 5.84 Å². The quantitative estimate of drug-likeness (QED) is 0.279. The Morgan fingerprint density at radius 3 is 2.95 bits per heavy atom. The third-order valence-corrected chi connectivity index (χ3v) is 2.82. The van der Waals surface area contributed by atoms with Crippen LogP contribution >= 0.6 is 0 Å². The van der Waals surface area contributed by atoms with Gasteiger partial charge in [-0.1, -0.05) is 17.3 Å². The highest BCUT2D eigenvalue weighted by Crippen LogP contribution is 2.14. The molecule has 0 radical (unpaired) electrons. The number of carbonyl (C=O) groups excluding carboxylic acids is 1. The lowest BCUT2D eigenvalue weighted by atomic mass is 10.1. The molecular formula is C12H16N4O3. The highest BCUT2D eigenvalue weighted by atomic mass is 16.5. The first-order chi connectivity index (χ1) is 9.20. The number of urea groups is 1. The summed E-state index contributed by atoms with van der Waals surface area (Å²) in [5, 5.41) is 17.1. The van der Waals surface area contributed by atoms with Crippen molar-refractivity contribution < 1.29 is 14.7 Å². The predicted octanol–water partition coefficient (Wildman–Crippen LogP) is 0.691. The minimum absolute atomic E-state index is 0.0241. The topological polar surface area (TPSA) is 109 Å². The predicted molar refractivity (Wildman–Crippen MR) is 70.3 cm³/mol. The van der Waals surface area contributed by atoms with Gasteiger partial charge in [0.25, 0.3) is 0 Å². The molecule has 1 aromatic carbocycles. The van der Waals surface area contributed by atoms with E-state index >= 15 is 0 Å². The molecule has 1 saturated heterocycles. The first kappa shape index (κ1) is 13.2. The van der Waals surface area contributed by atoms with E-state index in [4.69, 9.17) is 15.7 Å². The Morgan fingerprint density at radius 2 is 2.26 bits per heavy atom. The molecule has 0 bridgehead atoms. The fourth-order valence-electron chi connectivity index (χ4n) is 1.86. The second-order valence-electron chi connectivity index (χ2n) is 4.19. The van der Waals surface area contributed by atoms with E-state index < -0.39 is 0 Å². The van der Waals surface area contributed by atoms with Gasteiger partial charge in [0, 0.05) is 12.2 Å². The Balaban J connectivity index is 2.03. The number of oxime groups is 1. The maximum absolute atomic E-state index is 11.8. The molecular weight excluding hydrogens is 248 g/mol. The standard InChI is InChI=1S/C12H16N4O3/c13-11(16-18)9-3-1-2-4-10(9)15-12(17)14-8-5-6-19-7-8/h1-4,8,18H,5-7H2,(H2,13,16)(H2,14,15,17). The SMILES string of the molecule is NC(=NO)c1ccccc1NC(=O)NC1CCOC1. The summed E-state index contributed by atoms with van der Waals surface area (Å²) in [7, 11) is 0. The molecule has 5 N–H and O–H groups in total. The fraction of sp³-hybridized carbons (Fsp3) is 0.333. The van der Waals surface area contributed by atoms with Crippen molar-refractivity contribution in [2.45, 2.75) is 12.5 Å². The van der Waals surface area contributed by atoms with Crippen LogP contribution in [0.15, 0.2) is 29.4 Å². The number of para-hydroxylation sites is 1. The molecule has 1 aliphatic heterocycles. The van der Waals surface area contributed by atoms with Crippen LogP contribution in [0.25, 0.3) is 0 Å². The van der Waals surface area contributed by atoms with Crippen LogP contribution in [0.4, 0.5) is 10.5 Å². The summed E-state index contributed by atoms with van der Waals surface area (Å²) in [6.07, 6.45) is 0.801. The van der Waals surface area contributed by atoms with Gasteiger partial charge >= 0.3 is 6.03 Å². The van der Waals surface area contributed by atoms with Crippen LogP contribution in [-0.4, -0.2) is 36.3 Å². The zero-order chi connectivity index (χ0) is 13.7. The molecule has 1 heterocycles. The van der Waals surface area contributed by atoms with Gasteiger partial charge in [0.1, 0.15) is 0 Å². The summed E-state index contributed by atoms with van der Waals surface area (Å²) >= 11 is 0. The number of anilines is 1. The van der Waals surface area contributed by atoms with E-state index in [1.807, 2.05) is 0 Å². The lowest BCUT2D eigenvalue weighted by Crippen LogP contribution is -2.38. The number of hydrogen-bond acceptors (Lipinski definition) is 4. The summed E-state index contributed by atoms with van der Waals surface area (Å²) in [5.74, 6) is -0.0555. The average molecular weight is 264 g/mol. The Hall–Kier alpha value is -2.28. The van der Waals surface area contributed by atoms with Crippen molar-refractivity contribution >= 4 is 17.6 Å². The van der Waals surface area contributed by atoms with E-state index in [2.05, 4.69) is 15.8 Å². The van der Waals surface area contributed by atoms with Crippen molar-refractivity contribution in [3.63, 3.8) is 0 Å². The number of amidine groups is 1. The summed E-state index contributed by atoms with van der Waals surface area (Å²) in [4.78, 5) is 11.8. The van der Waals surface area contributed by atoms with Gasteiger partial charge in [-0.2, -0.15) is 0 Å². The molecule has 7 nitrogen and oxygen atoms in total. The molecule has 0 spiro atoms. The summed E-state index contributed by atoms with van der Waals surface area (Å²) in [6, 6.07) is 6.51. The largest absolute Gasteiger partial charge is 0.409 e. The smallest absolute Gasteiger partial charge is 0.319 e. The van der Waals surface area contributed by atoms with Crippen LogP contribution in [-0.2, 0) is 4.74 Å². The normalized spacial score (nSPS) is 19.2. The zero-order valence-electron chi connectivity index (χ0n) is 10.3. The van der Waals surface area contributed by atoms with E-state index in [1.54, 1.807) is 24.3 Å².